The van der Waals surface area contributed by atoms with E-state index in [1.165, 1.54) is 12.1 Å². The van der Waals surface area contributed by atoms with Gasteiger partial charge in [-0.15, -0.1) is 0 Å². The Labute approximate surface area is 174 Å². The van der Waals surface area contributed by atoms with E-state index in [4.69, 9.17) is 4.74 Å². The second kappa shape index (κ2) is 8.93. The maximum atomic E-state index is 12.4. The van der Waals surface area contributed by atoms with Gasteiger partial charge in [0.15, 0.2) is 0 Å². The molecule has 1 N–H and O–H groups in total. The van der Waals surface area contributed by atoms with E-state index in [0.717, 1.165) is 41.0 Å². The summed E-state index contributed by atoms with van der Waals surface area (Å²) < 4.78 is 7.46. The number of non-ortho nitro benzene ring substituents is 1. The molecular weight excluding hydrogens is 384 g/mol. The molecule has 3 rings (SSSR count). The van der Waals surface area contributed by atoms with Gasteiger partial charge in [0.05, 0.1) is 11.0 Å². The minimum Gasteiger partial charge on any atom is -0.376 e. The molecule has 2 heterocycles. The van der Waals surface area contributed by atoms with Crippen LogP contribution in [0.2, 0.25) is 0 Å². The van der Waals surface area contributed by atoms with Crippen molar-refractivity contribution < 1.29 is 14.5 Å². The topological polar surface area (TPSA) is 110 Å². The molecule has 0 aliphatic carbocycles. The number of benzene rings is 1. The molecule has 0 bridgehead atoms. The van der Waals surface area contributed by atoms with Gasteiger partial charge in [-0.25, -0.2) is 0 Å². The Morgan fingerprint density at radius 1 is 1.40 bits per heavy atom. The van der Waals surface area contributed by atoms with Crippen molar-refractivity contribution in [2.75, 3.05) is 13.2 Å². The first-order valence-corrected chi connectivity index (χ1v) is 9.77. The van der Waals surface area contributed by atoms with Gasteiger partial charge in [0.2, 0.25) is 0 Å². The van der Waals surface area contributed by atoms with Gasteiger partial charge in [-0.05, 0) is 62.9 Å². The molecule has 2 aromatic rings. The summed E-state index contributed by atoms with van der Waals surface area (Å²) in [5.41, 5.74) is 4.11. The van der Waals surface area contributed by atoms with E-state index in [1.54, 1.807) is 12.1 Å². The van der Waals surface area contributed by atoms with E-state index in [9.17, 15) is 20.2 Å². The summed E-state index contributed by atoms with van der Waals surface area (Å²) in [6.45, 7) is 6.71. The summed E-state index contributed by atoms with van der Waals surface area (Å²) >= 11 is 0. The van der Waals surface area contributed by atoms with E-state index in [1.807, 2.05) is 37.5 Å². The molecule has 8 heteroatoms. The quantitative estimate of drug-likeness (QED) is 0.340. The molecule has 8 nitrogen and oxygen atoms in total. The average Bonchev–Trinajstić information content (AvgIpc) is 3.32. The molecular formula is C22H24N4O4. The van der Waals surface area contributed by atoms with E-state index in [2.05, 4.69) is 5.32 Å². The van der Waals surface area contributed by atoms with Gasteiger partial charge in [0.1, 0.15) is 11.6 Å². The zero-order valence-electron chi connectivity index (χ0n) is 17.3. The zero-order chi connectivity index (χ0) is 21.8. The van der Waals surface area contributed by atoms with Gasteiger partial charge < -0.3 is 14.6 Å². The first kappa shape index (κ1) is 21.3. The predicted octanol–water partition coefficient (Wildman–Crippen LogP) is 3.51. The fraction of sp³-hybridized carbons (Fsp3) is 0.364. The second-order valence-electron chi connectivity index (χ2n) is 7.40. The van der Waals surface area contributed by atoms with E-state index >= 15 is 0 Å². The van der Waals surface area contributed by atoms with Crippen molar-refractivity contribution in [2.45, 2.75) is 39.7 Å². The van der Waals surface area contributed by atoms with Crippen molar-refractivity contribution >= 4 is 17.7 Å². The van der Waals surface area contributed by atoms with Crippen molar-refractivity contribution in [2.24, 2.45) is 0 Å². The Bertz CT molecular complexity index is 1060. The maximum absolute atomic E-state index is 12.4. The van der Waals surface area contributed by atoms with E-state index in [0.29, 0.717) is 13.2 Å². The summed E-state index contributed by atoms with van der Waals surface area (Å²) in [5.74, 6) is -0.427. The number of aromatic nitrogens is 1. The number of nitrogens with zero attached hydrogens (tertiary/aromatic N) is 3. The minimum absolute atomic E-state index is 0.00377. The van der Waals surface area contributed by atoms with Crippen LogP contribution in [0.4, 0.5) is 5.69 Å². The molecule has 0 radical (unpaired) electrons. The van der Waals surface area contributed by atoms with Crippen molar-refractivity contribution in [1.82, 2.24) is 9.88 Å². The normalized spacial score (nSPS) is 16.3. The highest BCUT2D eigenvalue weighted by molar-refractivity contribution is 6.01. The van der Waals surface area contributed by atoms with E-state index < -0.39 is 10.8 Å². The van der Waals surface area contributed by atoms with Crippen LogP contribution in [0.3, 0.4) is 0 Å². The number of rotatable bonds is 6. The highest BCUT2D eigenvalue weighted by Gasteiger charge is 2.19. The summed E-state index contributed by atoms with van der Waals surface area (Å²) in [6, 6.07) is 8.57. The fourth-order valence-corrected chi connectivity index (χ4v) is 3.72. The molecule has 1 amide bonds. The van der Waals surface area contributed by atoms with Crippen LogP contribution >= 0.6 is 0 Å². The van der Waals surface area contributed by atoms with Crippen LogP contribution in [0.1, 0.15) is 35.4 Å². The average molecular weight is 408 g/mol. The highest BCUT2D eigenvalue weighted by Crippen LogP contribution is 2.27. The Kier molecular flexibility index (Phi) is 6.33. The Morgan fingerprint density at radius 3 is 2.77 bits per heavy atom. The lowest BCUT2D eigenvalue weighted by Crippen LogP contribution is -2.32. The molecule has 156 valence electrons. The molecule has 1 aromatic carbocycles. The molecule has 1 atom stereocenters. The fourth-order valence-electron chi connectivity index (χ4n) is 3.72. The number of nitrogens with one attached hydrogen (secondary N) is 1. The number of nitriles is 1. The van der Waals surface area contributed by atoms with Crippen LogP contribution in [0.15, 0.2) is 29.8 Å². The third kappa shape index (κ3) is 4.42. The van der Waals surface area contributed by atoms with Gasteiger partial charge >= 0.3 is 0 Å². The van der Waals surface area contributed by atoms with Gasteiger partial charge in [-0.2, -0.15) is 5.26 Å². The molecule has 1 aliphatic heterocycles. The number of amides is 1. The van der Waals surface area contributed by atoms with Crippen LogP contribution in [0.5, 0.6) is 0 Å². The van der Waals surface area contributed by atoms with E-state index in [-0.39, 0.29) is 17.4 Å². The summed E-state index contributed by atoms with van der Waals surface area (Å²) in [4.78, 5) is 23.0. The summed E-state index contributed by atoms with van der Waals surface area (Å²) in [7, 11) is 0. The predicted molar refractivity (Wildman–Crippen MR) is 112 cm³/mol. The largest absolute Gasteiger partial charge is 0.376 e. The van der Waals surface area contributed by atoms with Crippen molar-refractivity contribution in [3.63, 3.8) is 0 Å². The van der Waals surface area contributed by atoms with Gasteiger partial charge in [-0.3, -0.25) is 14.9 Å². The molecule has 1 aromatic heterocycles. The molecule has 1 fully saturated rings. The van der Waals surface area contributed by atoms with Gasteiger partial charge in [-0.1, -0.05) is 0 Å². The lowest BCUT2D eigenvalue weighted by molar-refractivity contribution is -0.384. The second-order valence-corrected chi connectivity index (χ2v) is 7.40. The Hall–Kier alpha value is -3.44. The van der Waals surface area contributed by atoms with Crippen molar-refractivity contribution in [1.29, 1.82) is 5.26 Å². The van der Waals surface area contributed by atoms with Crippen molar-refractivity contribution in [3.8, 4) is 11.8 Å². The number of hydrogen-bond donors (Lipinski definition) is 1. The lowest BCUT2D eigenvalue weighted by Gasteiger charge is -2.13. The number of hydrogen-bond acceptors (Lipinski definition) is 5. The van der Waals surface area contributed by atoms with Gasteiger partial charge in [0.25, 0.3) is 11.6 Å². The SMILES string of the molecule is Cc1cc([N+](=O)[O-])ccc1-n1c(C)cc(/C=C(\C#N)C(=O)NC[C@H]2CCCO2)c1C. The number of aryl methyl sites for hydroxylation is 2. The third-order valence-corrected chi connectivity index (χ3v) is 5.28. The van der Waals surface area contributed by atoms with Crippen LogP contribution in [0.25, 0.3) is 11.8 Å². The monoisotopic (exact) mass is 408 g/mol. The van der Waals surface area contributed by atoms with Crippen molar-refractivity contribution in [3.05, 3.63) is 62.5 Å². The molecule has 0 saturated carbocycles. The Morgan fingerprint density at radius 2 is 2.17 bits per heavy atom. The number of ether oxygens (including phenoxy) is 1. The molecule has 1 saturated heterocycles. The standard InChI is InChI=1S/C22H24N4O4/c1-14-9-19(26(28)29)6-7-21(14)25-15(2)10-17(16(25)3)11-18(12-23)22(27)24-13-20-5-4-8-30-20/h6-7,9-11,20H,4-5,8,13H2,1-3H3,(H,24,27)/b18-11+/t20-/m1/s1. The third-order valence-electron chi connectivity index (χ3n) is 5.28. The first-order valence-electron chi connectivity index (χ1n) is 9.77. The molecule has 1 aliphatic rings. The van der Waals surface area contributed by atoms with Crippen LogP contribution in [0, 0.1) is 42.2 Å². The van der Waals surface area contributed by atoms with Crippen LogP contribution in [-0.2, 0) is 9.53 Å². The molecule has 0 spiro atoms. The zero-order valence-corrected chi connectivity index (χ0v) is 17.3. The molecule has 0 unspecified atom stereocenters. The highest BCUT2D eigenvalue weighted by atomic mass is 16.6. The number of carbonyl (C=O) groups is 1. The summed E-state index contributed by atoms with van der Waals surface area (Å²) in [5, 5.41) is 23.3. The first-order chi connectivity index (χ1) is 14.3. The lowest BCUT2D eigenvalue weighted by atomic mass is 10.1. The summed E-state index contributed by atoms with van der Waals surface area (Å²) in [6.07, 6.45) is 3.46. The maximum Gasteiger partial charge on any atom is 0.269 e. The number of nitro groups is 1. The van der Waals surface area contributed by atoms with Crippen LogP contribution in [-0.4, -0.2) is 34.7 Å². The van der Waals surface area contributed by atoms with Gasteiger partial charge in [0, 0.05) is 42.4 Å². The Balaban J connectivity index is 1.87. The molecule has 30 heavy (non-hydrogen) atoms. The number of nitro benzene ring substituents is 1. The smallest absolute Gasteiger partial charge is 0.269 e. The van der Waals surface area contributed by atoms with Crippen LogP contribution < -0.4 is 5.32 Å². The minimum atomic E-state index is -0.427. The number of carbonyl (C=O) groups excluding carboxylic acids is 1.